The van der Waals surface area contributed by atoms with E-state index in [1.165, 1.54) is 0 Å². The molecular formula is C22H25ClN4O4S. The highest BCUT2D eigenvalue weighted by Crippen LogP contribution is 2.29. The summed E-state index contributed by atoms with van der Waals surface area (Å²) in [5.41, 5.74) is 3.02. The summed E-state index contributed by atoms with van der Waals surface area (Å²) in [4.78, 5) is 24.2. The first-order valence-corrected chi connectivity index (χ1v) is 11.8. The standard InChI is InChI=1S/C22H25ClN4O4S/c1-14-9-10-19-17(21(14)23)13-20(27(19)3)22(29)25-18(16-7-5-4-6-8-16)11-12-24-32(30,31)26-15(2)28/h4-10,13,18,24H,11-12H2,1-3H3,(H,25,29)(H,26,28). The van der Waals surface area contributed by atoms with Gasteiger partial charge in [0.15, 0.2) is 0 Å². The lowest BCUT2D eigenvalue weighted by Gasteiger charge is -2.20. The maximum absolute atomic E-state index is 13.1. The number of benzene rings is 2. The highest BCUT2D eigenvalue weighted by molar-refractivity contribution is 7.88. The van der Waals surface area contributed by atoms with Crippen LogP contribution in [0.4, 0.5) is 0 Å². The lowest BCUT2D eigenvalue weighted by atomic mass is 10.0. The van der Waals surface area contributed by atoms with Crippen molar-refractivity contribution < 1.29 is 18.0 Å². The topological polar surface area (TPSA) is 109 Å². The van der Waals surface area contributed by atoms with Crippen molar-refractivity contribution in [2.75, 3.05) is 6.54 Å². The van der Waals surface area contributed by atoms with E-state index in [-0.39, 0.29) is 18.9 Å². The SMILES string of the molecule is CC(=O)NS(=O)(=O)NCCC(NC(=O)c1cc2c(Cl)c(C)ccc2n1C)c1ccccc1. The van der Waals surface area contributed by atoms with Crippen LogP contribution in [0.1, 0.15) is 41.0 Å². The van der Waals surface area contributed by atoms with Crippen LogP contribution in [-0.2, 0) is 22.1 Å². The van der Waals surface area contributed by atoms with E-state index in [9.17, 15) is 18.0 Å². The van der Waals surface area contributed by atoms with Crippen molar-refractivity contribution in [2.45, 2.75) is 26.3 Å². The Balaban J connectivity index is 1.82. The predicted molar refractivity (Wildman–Crippen MR) is 125 cm³/mol. The van der Waals surface area contributed by atoms with Gasteiger partial charge in [-0.25, -0.2) is 4.72 Å². The number of carbonyl (C=O) groups is 2. The number of halogens is 1. The normalized spacial score (nSPS) is 12.5. The molecule has 1 aromatic heterocycles. The highest BCUT2D eigenvalue weighted by atomic mass is 35.5. The first-order chi connectivity index (χ1) is 15.1. The number of hydrogen-bond acceptors (Lipinski definition) is 4. The van der Waals surface area contributed by atoms with Crippen LogP contribution in [-0.4, -0.2) is 31.3 Å². The molecule has 3 rings (SSSR count). The van der Waals surface area contributed by atoms with E-state index < -0.39 is 22.2 Å². The van der Waals surface area contributed by atoms with Gasteiger partial charge >= 0.3 is 10.2 Å². The van der Waals surface area contributed by atoms with E-state index in [0.717, 1.165) is 29.0 Å². The van der Waals surface area contributed by atoms with Gasteiger partial charge in [0.2, 0.25) is 5.91 Å². The third-order valence-electron chi connectivity index (χ3n) is 5.10. The molecule has 3 N–H and O–H groups in total. The average Bonchev–Trinajstić information content (AvgIpc) is 3.07. The molecule has 8 nitrogen and oxygen atoms in total. The Kier molecular flexibility index (Phi) is 7.22. The fraction of sp³-hybridized carbons (Fsp3) is 0.273. The summed E-state index contributed by atoms with van der Waals surface area (Å²) in [6.07, 6.45) is 0.276. The summed E-state index contributed by atoms with van der Waals surface area (Å²) >= 11 is 6.42. The number of aryl methyl sites for hydroxylation is 2. The third-order valence-corrected chi connectivity index (χ3v) is 6.74. The van der Waals surface area contributed by atoms with Crippen molar-refractivity contribution >= 4 is 44.5 Å². The maximum atomic E-state index is 13.1. The number of aromatic nitrogens is 1. The smallest absolute Gasteiger partial charge is 0.301 e. The van der Waals surface area contributed by atoms with Crippen molar-refractivity contribution in [1.29, 1.82) is 0 Å². The summed E-state index contributed by atoms with van der Waals surface area (Å²) in [5, 5.41) is 4.38. The van der Waals surface area contributed by atoms with E-state index in [4.69, 9.17) is 11.6 Å². The molecule has 0 aliphatic heterocycles. The summed E-state index contributed by atoms with van der Waals surface area (Å²) in [7, 11) is -2.16. The molecule has 170 valence electrons. The Morgan fingerprint density at radius 1 is 1.12 bits per heavy atom. The summed E-state index contributed by atoms with van der Waals surface area (Å²) < 4.78 is 29.7. The molecule has 0 bridgehead atoms. The van der Waals surface area contributed by atoms with E-state index >= 15 is 0 Å². The largest absolute Gasteiger partial charge is 0.344 e. The Morgan fingerprint density at radius 3 is 2.47 bits per heavy atom. The molecule has 3 aromatic rings. The monoisotopic (exact) mass is 476 g/mol. The fourth-order valence-corrected chi connectivity index (χ4v) is 4.56. The molecule has 1 unspecified atom stereocenters. The van der Waals surface area contributed by atoms with E-state index in [2.05, 4.69) is 10.0 Å². The van der Waals surface area contributed by atoms with E-state index in [0.29, 0.717) is 10.7 Å². The number of fused-ring (bicyclic) bond motifs is 1. The second kappa shape index (κ2) is 9.72. The molecule has 32 heavy (non-hydrogen) atoms. The van der Waals surface area contributed by atoms with E-state index in [1.807, 2.05) is 54.1 Å². The number of nitrogens with zero attached hydrogens (tertiary/aromatic N) is 1. The second-order valence-corrected chi connectivity index (χ2v) is 9.38. The molecule has 0 aliphatic carbocycles. The number of nitrogens with one attached hydrogen (secondary N) is 3. The van der Waals surface area contributed by atoms with Crippen LogP contribution < -0.4 is 14.8 Å². The molecular weight excluding hydrogens is 452 g/mol. The molecule has 0 saturated carbocycles. The minimum absolute atomic E-state index is 0.0165. The van der Waals surface area contributed by atoms with Gasteiger partial charge in [0.05, 0.1) is 11.1 Å². The van der Waals surface area contributed by atoms with Gasteiger partial charge in [0.25, 0.3) is 5.91 Å². The van der Waals surface area contributed by atoms with E-state index in [1.54, 1.807) is 17.7 Å². The van der Waals surface area contributed by atoms with Gasteiger partial charge in [-0.05, 0) is 36.6 Å². The Labute approximate surface area is 192 Å². The zero-order valence-corrected chi connectivity index (χ0v) is 19.5. The predicted octanol–water partition coefficient (Wildman–Crippen LogP) is 2.97. The Bertz CT molecular complexity index is 1260. The van der Waals surface area contributed by atoms with Gasteiger partial charge in [0.1, 0.15) is 5.69 Å². The van der Waals surface area contributed by atoms with Gasteiger partial charge < -0.3 is 9.88 Å². The molecule has 0 saturated heterocycles. The molecule has 1 atom stereocenters. The zero-order chi connectivity index (χ0) is 23.5. The second-order valence-electron chi connectivity index (χ2n) is 7.50. The van der Waals surface area contributed by atoms with Crippen LogP contribution in [0.5, 0.6) is 0 Å². The fourth-order valence-electron chi connectivity index (χ4n) is 3.51. The average molecular weight is 477 g/mol. The summed E-state index contributed by atoms with van der Waals surface area (Å²) in [6, 6.07) is 14.4. The van der Waals surface area contributed by atoms with Gasteiger partial charge in [0, 0.05) is 31.4 Å². The first kappa shape index (κ1) is 23.8. The molecule has 0 radical (unpaired) electrons. The minimum atomic E-state index is -3.95. The molecule has 2 aromatic carbocycles. The van der Waals surface area contributed by atoms with Crippen molar-refractivity contribution in [3.63, 3.8) is 0 Å². The van der Waals surface area contributed by atoms with Crippen LogP contribution in [0, 0.1) is 6.92 Å². The van der Waals surface area contributed by atoms with Gasteiger partial charge in [-0.1, -0.05) is 48.0 Å². The van der Waals surface area contributed by atoms with Crippen LogP contribution in [0.15, 0.2) is 48.5 Å². The van der Waals surface area contributed by atoms with Crippen LogP contribution in [0.3, 0.4) is 0 Å². The first-order valence-electron chi connectivity index (χ1n) is 9.97. The van der Waals surface area contributed by atoms with Crippen molar-refractivity contribution in [2.24, 2.45) is 7.05 Å². The van der Waals surface area contributed by atoms with Crippen LogP contribution in [0.25, 0.3) is 10.9 Å². The highest BCUT2D eigenvalue weighted by Gasteiger charge is 2.21. The third kappa shape index (κ3) is 5.48. The van der Waals surface area contributed by atoms with Crippen molar-refractivity contribution in [3.8, 4) is 0 Å². The molecule has 0 aliphatic rings. The maximum Gasteiger partial charge on any atom is 0.301 e. The van der Waals surface area contributed by atoms with Crippen molar-refractivity contribution in [3.05, 3.63) is 70.4 Å². The van der Waals surface area contributed by atoms with Gasteiger partial charge in [-0.3, -0.25) is 9.59 Å². The van der Waals surface area contributed by atoms with Gasteiger partial charge in [-0.15, -0.1) is 0 Å². The van der Waals surface area contributed by atoms with Crippen LogP contribution >= 0.6 is 11.6 Å². The molecule has 0 fully saturated rings. The quantitative estimate of drug-likeness (QED) is 0.464. The minimum Gasteiger partial charge on any atom is -0.344 e. The summed E-state index contributed by atoms with van der Waals surface area (Å²) in [5.74, 6) is -0.994. The number of amides is 2. The Hall–Kier alpha value is -2.88. The number of hydrogen-bond donors (Lipinski definition) is 3. The molecule has 0 spiro atoms. The molecule has 1 heterocycles. The lowest BCUT2D eigenvalue weighted by Crippen LogP contribution is -2.40. The zero-order valence-electron chi connectivity index (χ0n) is 18.0. The van der Waals surface area contributed by atoms with Crippen LogP contribution in [0.2, 0.25) is 5.02 Å². The molecule has 10 heteroatoms. The van der Waals surface area contributed by atoms with Crippen molar-refractivity contribution in [1.82, 2.24) is 19.3 Å². The summed E-state index contributed by atoms with van der Waals surface area (Å²) in [6.45, 7) is 3.04. The van der Waals surface area contributed by atoms with Gasteiger partial charge in [-0.2, -0.15) is 13.1 Å². The Morgan fingerprint density at radius 2 is 1.81 bits per heavy atom. The lowest BCUT2D eigenvalue weighted by molar-refractivity contribution is -0.117. The number of carbonyl (C=O) groups excluding carboxylic acids is 2. The number of rotatable bonds is 8. The molecule has 2 amide bonds.